The number of nitriles is 1. The first-order chi connectivity index (χ1) is 11.2. The Balaban J connectivity index is 1.75. The molecule has 3 aromatic heterocycles. The fourth-order valence-corrected chi connectivity index (χ4v) is 5.06. The first-order valence-corrected chi connectivity index (χ1v) is 9.13. The fourth-order valence-electron chi connectivity index (χ4n) is 3.05. The number of aryl methyl sites for hydroxylation is 1. The highest BCUT2D eigenvalue weighted by molar-refractivity contribution is 7.18. The van der Waals surface area contributed by atoms with Crippen molar-refractivity contribution in [2.45, 2.75) is 26.3 Å². The number of hydrogen-bond donors (Lipinski definition) is 1. The molecule has 2 N–H and O–H groups in total. The van der Waals surface area contributed by atoms with Gasteiger partial charge in [-0.2, -0.15) is 5.26 Å². The van der Waals surface area contributed by atoms with Crippen LogP contribution in [0.2, 0.25) is 0 Å². The molecular weight excluding hydrogens is 326 g/mol. The number of nitrogen functional groups attached to an aromatic ring is 1. The highest BCUT2D eigenvalue weighted by atomic mass is 32.1. The summed E-state index contributed by atoms with van der Waals surface area (Å²) in [7, 11) is 0. The van der Waals surface area contributed by atoms with Crippen LogP contribution in [0.5, 0.6) is 0 Å². The van der Waals surface area contributed by atoms with Crippen LogP contribution in [0, 0.1) is 11.3 Å². The molecule has 3 aromatic rings. The van der Waals surface area contributed by atoms with Gasteiger partial charge in [-0.25, -0.2) is 9.97 Å². The topological polar surface area (TPSA) is 78.8 Å². The average molecular weight is 341 g/mol. The van der Waals surface area contributed by atoms with Gasteiger partial charge in [-0.05, 0) is 24.5 Å². The van der Waals surface area contributed by atoms with Crippen LogP contribution in [0.1, 0.15) is 27.8 Å². The van der Waals surface area contributed by atoms with Crippen molar-refractivity contribution < 1.29 is 0 Å². The van der Waals surface area contributed by atoms with Crippen molar-refractivity contribution in [3.05, 3.63) is 33.3 Å². The Morgan fingerprint density at radius 1 is 1.39 bits per heavy atom. The van der Waals surface area contributed by atoms with Crippen molar-refractivity contribution in [3.63, 3.8) is 0 Å². The molecule has 0 aromatic carbocycles. The van der Waals surface area contributed by atoms with E-state index < -0.39 is 0 Å². The van der Waals surface area contributed by atoms with E-state index in [0.717, 1.165) is 47.5 Å². The second-order valence-electron chi connectivity index (χ2n) is 5.51. The van der Waals surface area contributed by atoms with Gasteiger partial charge in [-0.3, -0.25) is 0 Å². The molecule has 0 amide bonds. The van der Waals surface area contributed by atoms with E-state index in [0.29, 0.717) is 10.6 Å². The maximum absolute atomic E-state index is 9.26. The summed E-state index contributed by atoms with van der Waals surface area (Å²) in [4.78, 5) is 14.8. The predicted molar refractivity (Wildman–Crippen MR) is 95.0 cm³/mol. The van der Waals surface area contributed by atoms with Crippen molar-refractivity contribution in [1.29, 1.82) is 5.26 Å². The first-order valence-electron chi connectivity index (χ1n) is 7.49. The van der Waals surface area contributed by atoms with E-state index >= 15 is 0 Å². The molecule has 0 saturated heterocycles. The minimum absolute atomic E-state index is 0.635. The van der Waals surface area contributed by atoms with Gasteiger partial charge in [0.1, 0.15) is 28.0 Å². The van der Waals surface area contributed by atoms with Gasteiger partial charge in [-0.1, -0.05) is 6.92 Å². The van der Waals surface area contributed by atoms with Crippen LogP contribution >= 0.6 is 22.7 Å². The summed E-state index contributed by atoms with van der Waals surface area (Å²) >= 11 is 3.26. The molecule has 0 saturated carbocycles. The molecule has 0 atom stereocenters. The zero-order chi connectivity index (χ0) is 16.0. The van der Waals surface area contributed by atoms with E-state index in [2.05, 4.69) is 33.9 Å². The van der Waals surface area contributed by atoms with Gasteiger partial charge in [0, 0.05) is 16.3 Å². The SMILES string of the molecule is CCc1cc2c(N3CCc4c(sc(N)c4C#N)C3)ncnc2s1. The zero-order valence-corrected chi connectivity index (χ0v) is 14.3. The number of nitrogens with zero attached hydrogens (tertiary/aromatic N) is 4. The van der Waals surface area contributed by atoms with Crippen LogP contribution in [0.4, 0.5) is 10.8 Å². The minimum atomic E-state index is 0.635. The number of aromatic nitrogens is 2. The number of anilines is 2. The third-order valence-corrected chi connectivity index (χ3v) is 6.44. The summed E-state index contributed by atoms with van der Waals surface area (Å²) in [6.45, 7) is 3.76. The first kappa shape index (κ1) is 14.4. The molecule has 0 fully saturated rings. The van der Waals surface area contributed by atoms with Crippen LogP contribution in [-0.2, 0) is 19.4 Å². The van der Waals surface area contributed by atoms with Crippen LogP contribution < -0.4 is 10.6 Å². The quantitative estimate of drug-likeness (QED) is 0.773. The molecule has 0 unspecified atom stereocenters. The highest BCUT2D eigenvalue weighted by Gasteiger charge is 2.25. The van der Waals surface area contributed by atoms with Crippen LogP contribution in [0.3, 0.4) is 0 Å². The molecule has 116 valence electrons. The standard InChI is InChI=1S/C16H15N5S2/c1-2-9-5-11-15(19-8-20-16(11)22-9)21-4-3-10-12(6-17)14(18)23-13(10)7-21/h5,8H,2-4,7,18H2,1H3. The summed E-state index contributed by atoms with van der Waals surface area (Å²) in [5.74, 6) is 0.988. The Kier molecular flexibility index (Phi) is 3.43. The fraction of sp³-hybridized carbons (Fsp3) is 0.312. The maximum atomic E-state index is 9.26. The third-order valence-electron chi connectivity index (χ3n) is 4.20. The Hall–Kier alpha value is -2.17. The molecule has 4 rings (SSSR count). The lowest BCUT2D eigenvalue weighted by Crippen LogP contribution is -2.30. The van der Waals surface area contributed by atoms with Crippen molar-refractivity contribution in [3.8, 4) is 6.07 Å². The lowest BCUT2D eigenvalue weighted by atomic mass is 10.0. The summed E-state index contributed by atoms with van der Waals surface area (Å²) in [5, 5.41) is 11.0. The highest BCUT2D eigenvalue weighted by Crippen LogP contribution is 2.38. The molecule has 0 spiro atoms. The second kappa shape index (κ2) is 5.48. The van der Waals surface area contributed by atoms with Gasteiger partial charge < -0.3 is 10.6 Å². The van der Waals surface area contributed by atoms with Crippen molar-refractivity contribution in [2.24, 2.45) is 0 Å². The molecule has 0 aliphatic carbocycles. The minimum Gasteiger partial charge on any atom is -0.389 e. The summed E-state index contributed by atoms with van der Waals surface area (Å²) in [6.07, 6.45) is 3.49. The van der Waals surface area contributed by atoms with E-state index in [4.69, 9.17) is 5.73 Å². The molecule has 0 radical (unpaired) electrons. The van der Waals surface area contributed by atoms with E-state index in [9.17, 15) is 5.26 Å². The Morgan fingerprint density at radius 3 is 3.04 bits per heavy atom. The molecule has 4 heterocycles. The molecule has 23 heavy (non-hydrogen) atoms. The molecule has 1 aliphatic rings. The molecule has 7 heteroatoms. The van der Waals surface area contributed by atoms with Crippen molar-refractivity contribution in [1.82, 2.24) is 9.97 Å². The number of nitrogens with two attached hydrogens (primary N) is 1. The molecule has 0 bridgehead atoms. The Bertz CT molecular complexity index is 934. The van der Waals surface area contributed by atoms with Crippen LogP contribution in [-0.4, -0.2) is 16.5 Å². The molecule has 5 nitrogen and oxygen atoms in total. The van der Waals surface area contributed by atoms with Gasteiger partial charge in [-0.15, -0.1) is 22.7 Å². The Labute approximate surface area is 142 Å². The lowest BCUT2D eigenvalue weighted by molar-refractivity contribution is 0.734. The number of hydrogen-bond acceptors (Lipinski definition) is 7. The smallest absolute Gasteiger partial charge is 0.141 e. The maximum Gasteiger partial charge on any atom is 0.141 e. The predicted octanol–water partition coefficient (Wildman–Crippen LogP) is 3.33. The Morgan fingerprint density at radius 2 is 2.26 bits per heavy atom. The van der Waals surface area contributed by atoms with Gasteiger partial charge in [0.25, 0.3) is 0 Å². The van der Waals surface area contributed by atoms with E-state index in [1.807, 2.05) is 0 Å². The van der Waals surface area contributed by atoms with Gasteiger partial charge in [0.15, 0.2) is 0 Å². The van der Waals surface area contributed by atoms with E-state index in [1.54, 1.807) is 17.7 Å². The van der Waals surface area contributed by atoms with Crippen molar-refractivity contribution >= 4 is 43.7 Å². The van der Waals surface area contributed by atoms with Crippen LogP contribution in [0.15, 0.2) is 12.4 Å². The number of fused-ring (bicyclic) bond motifs is 2. The number of thiophene rings is 2. The third kappa shape index (κ3) is 2.26. The van der Waals surface area contributed by atoms with Crippen molar-refractivity contribution in [2.75, 3.05) is 17.2 Å². The largest absolute Gasteiger partial charge is 0.389 e. The monoisotopic (exact) mass is 341 g/mol. The zero-order valence-electron chi connectivity index (χ0n) is 12.7. The average Bonchev–Trinajstić information content (AvgIpc) is 3.12. The normalized spacial score (nSPS) is 14.0. The summed E-state index contributed by atoms with van der Waals surface area (Å²) < 4.78 is 0. The number of rotatable bonds is 2. The molecule has 1 aliphatic heterocycles. The van der Waals surface area contributed by atoms with E-state index in [1.165, 1.54) is 21.1 Å². The summed E-state index contributed by atoms with van der Waals surface area (Å²) in [5.41, 5.74) is 7.77. The summed E-state index contributed by atoms with van der Waals surface area (Å²) in [6, 6.07) is 4.44. The van der Waals surface area contributed by atoms with Gasteiger partial charge in [0.2, 0.25) is 0 Å². The van der Waals surface area contributed by atoms with Crippen LogP contribution in [0.25, 0.3) is 10.2 Å². The van der Waals surface area contributed by atoms with Gasteiger partial charge in [0.05, 0.1) is 17.5 Å². The lowest BCUT2D eigenvalue weighted by Gasteiger charge is -2.28. The van der Waals surface area contributed by atoms with Gasteiger partial charge >= 0.3 is 0 Å². The second-order valence-corrected chi connectivity index (χ2v) is 7.76. The molecular formula is C16H15N5S2. The van der Waals surface area contributed by atoms with E-state index in [-0.39, 0.29) is 0 Å².